The standard InChI is InChI=1S/C19H26N2O2/c1-21-9-4-5-14(21)11-15-18-16(6-3-7-17(18)22-2)20-19(15)13-8-10-23-12-13/h3,6-7,13-14,20H,4-5,8-12H2,1-2H3/t13-,14-/m1/s1. The maximum Gasteiger partial charge on any atom is 0.128 e. The van der Waals surface area contributed by atoms with Crippen LogP contribution in [-0.4, -0.2) is 49.8 Å². The summed E-state index contributed by atoms with van der Waals surface area (Å²) < 4.78 is 11.3. The number of H-pyrrole nitrogens is 1. The Morgan fingerprint density at radius 1 is 1.35 bits per heavy atom. The fourth-order valence-electron chi connectivity index (χ4n) is 4.27. The van der Waals surface area contributed by atoms with Gasteiger partial charge in [-0.3, -0.25) is 0 Å². The van der Waals surface area contributed by atoms with Crippen molar-refractivity contribution in [1.82, 2.24) is 9.88 Å². The van der Waals surface area contributed by atoms with Crippen LogP contribution in [0.3, 0.4) is 0 Å². The Balaban J connectivity index is 1.81. The summed E-state index contributed by atoms with van der Waals surface area (Å²) in [7, 11) is 4.02. The third kappa shape index (κ3) is 2.64. The van der Waals surface area contributed by atoms with Crippen molar-refractivity contribution in [2.75, 3.05) is 33.9 Å². The number of likely N-dealkylation sites (tertiary alicyclic amines) is 1. The summed E-state index contributed by atoms with van der Waals surface area (Å²) >= 11 is 0. The molecule has 3 heterocycles. The first-order valence-electron chi connectivity index (χ1n) is 8.73. The minimum atomic E-state index is 0.494. The molecule has 4 rings (SSSR count). The summed E-state index contributed by atoms with van der Waals surface area (Å²) in [5.74, 6) is 1.48. The molecule has 2 fully saturated rings. The number of benzene rings is 1. The molecule has 2 atom stereocenters. The molecule has 2 aliphatic heterocycles. The van der Waals surface area contributed by atoms with Crippen LogP contribution in [0.5, 0.6) is 5.75 Å². The highest BCUT2D eigenvalue weighted by Gasteiger charge is 2.29. The van der Waals surface area contributed by atoms with E-state index in [1.54, 1.807) is 7.11 Å². The quantitative estimate of drug-likeness (QED) is 0.941. The minimum Gasteiger partial charge on any atom is -0.496 e. The molecule has 2 aromatic rings. The van der Waals surface area contributed by atoms with Gasteiger partial charge in [0, 0.05) is 35.2 Å². The van der Waals surface area contributed by atoms with Crippen molar-refractivity contribution >= 4 is 10.9 Å². The largest absolute Gasteiger partial charge is 0.496 e. The first kappa shape index (κ1) is 15.0. The third-order valence-electron chi connectivity index (χ3n) is 5.59. The molecule has 2 saturated heterocycles. The smallest absolute Gasteiger partial charge is 0.128 e. The lowest BCUT2D eigenvalue weighted by Gasteiger charge is -2.21. The molecule has 23 heavy (non-hydrogen) atoms. The molecule has 124 valence electrons. The van der Waals surface area contributed by atoms with Gasteiger partial charge in [-0.05, 0) is 57.0 Å². The van der Waals surface area contributed by atoms with Gasteiger partial charge in [0.15, 0.2) is 0 Å². The molecule has 0 amide bonds. The van der Waals surface area contributed by atoms with Gasteiger partial charge in [0.2, 0.25) is 0 Å². The van der Waals surface area contributed by atoms with E-state index in [4.69, 9.17) is 9.47 Å². The Hall–Kier alpha value is -1.52. The van der Waals surface area contributed by atoms with E-state index < -0.39 is 0 Å². The number of nitrogens with zero attached hydrogens (tertiary/aromatic N) is 1. The van der Waals surface area contributed by atoms with Crippen molar-refractivity contribution in [3.05, 3.63) is 29.5 Å². The molecular formula is C19H26N2O2. The lowest BCUT2D eigenvalue weighted by Crippen LogP contribution is -2.27. The second kappa shape index (κ2) is 6.17. The van der Waals surface area contributed by atoms with E-state index in [9.17, 15) is 0 Å². The van der Waals surface area contributed by atoms with E-state index in [0.29, 0.717) is 12.0 Å². The second-order valence-electron chi connectivity index (χ2n) is 6.94. The van der Waals surface area contributed by atoms with Gasteiger partial charge < -0.3 is 19.4 Å². The maximum absolute atomic E-state index is 5.67. The molecular weight excluding hydrogens is 288 g/mol. The number of hydrogen-bond donors (Lipinski definition) is 1. The summed E-state index contributed by atoms with van der Waals surface area (Å²) in [5, 5.41) is 1.28. The zero-order valence-corrected chi connectivity index (χ0v) is 14.1. The SMILES string of the molecule is COc1cccc2[nH]c([C@@H]3CCOC3)c(C[C@H]3CCCN3C)c12. The average Bonchev–Trinajstić information content (AvgIpc) is 3.28. The summed E-state index contributed by atoms with van der Waals surface area (Å²) in [6.45, 7) is 2.93. The zero-order chi connectivity index (χ0) is 15.8. The van der Waals surface area contributed by atoms with Crippen LogP contribution in [0, 0.1) is 0 Å². The van der Waals surface area contributed by atoms with Gasteiger partial charge >= 0.3 is 0 Å². The normalized spacial score (nSPS) is 25.5. The average molecular weight is 314 g/mol. The van der Waals surface area contributed by atoms with Crippen LogP contribution in [0.25, 0.3) is 10.9 Å². The Morgan fingerprint density at radius 3 is 2.96 bits per heavy atom. The van der Waals surface area contributed by atoms with E-state index >= 15 is 0 Å². The number of ether oxygens (including phenoxy) is 2. The first-order chi connectivity index (χ1) is 11.3. The molecule has 0 radical (unpaired) electrons. The third-order valence-corrected chi connectivity index (χ3v) is 5.59. The number of aromatic amines is 1. The number of aromatic nitrogens is 1. The van der Waals surface area contributed by atoms with Crippen molar-refractivity contribution in [3.63, 3.8) is 0 Å². The van der Waals surface area contributed by atoms with Crippen molar-refractivity contribution in [3.8, 4) is 5.75 Å². The monoisotopic (exact) mass is 314 g/mol. The molecule has 1 aromatic carbocycles. The van der Waals surface area contributed by atoms with E-state index in [0.717, 1.165) is 31.8 Å². The molecule has 0 aliphatic carbocycles. The van der Waals surface area contributed by atoms with Crippen LogP contribution >= 0.6 is 0 Å². The van der Waals surface area contributed by atoms with Gasteiger partial charge in [0.25, 0.3) is 0 Å². The molecule has 4 heteroatoms. The molecule has 0 spiro atoms. The molecule has 4 nitrogen and oxygen atoms in total. The van der Waals surface area contributed by atoms with Gasteiger partial charge in [0.05, 0.1) is 13.7 Å². The van der Waals surface area contributed by atoms with Gasteiger partial charge in [-0.2, -0.15) is 0 Å². The van der Waals surface area contributed by atoms with E-state index in [1.165, 1.54) is 41.5 Å². The number of hydrogen-bond acceptors (Lipinski definition) is 3. The van der Waals surface area contributed by atoms with Crippen LogP contribution in [-0.2, 0) is 11.2 Å². The molecule has 2 aliphatic rings. The van der Waals surface area contributed by atoms with Crippen molar-refractivity contribution in [2.45, 2.75) is 37.6 Å². The number of fused-ring (bicyclic) bond motifs is 1. The number of likely N-dealkylation sites (N-methyl/N-ethyl adjacent to an activating group) is 1. The molecule has 0 unspecified atom stereocenters. The highest BCUT2D eigenvalue weighted by atomic mass is 16.5. The highest BCUT2D eigenvalue weighted by Crippen LogP contribution is 2.38. The Morgan fingerprint density at radius 2 is 2.26 bits per heavy atom. The summed E-state index contributed by atoms with van der Waals surface area (Å²) in [5.41, 5.74) is 4.02. The summed E-state index contributed by atoms with van der Waals surface area (Å²) in [4.78, 5) is 6.19. The zero-order valence-electron chi connectivity index (χ0n) is 14.1. The van der Waals surface area contributed by atoms with Crippen LogP contribution in [0.4, 0.5) is 0 Å². The fourth-order valence-corrected chi connectivity index (χ4v) is 4.27. The predicted octanol–water partition coefficient (Wildman–Crippen LogP) is 3.32. The summed E-state index contributed by atoms with van der Waals surface area (Å²) in [6, 6.07) is 6.95. The van der Waals surface area contributed by atoms with Crippen molar-refractivity contribution in [1.29, 1.82) is 0 Å². The van der Waals surface area contributed by atoms with Gasteiger partial charge in [0.1, 0.15) is 5.75 Å². The minimum absolute atomic E-state index is 0.494. The summed E-state index contributed by atoms with van der Waals surface area (Å²) in [6.07, 6.45) is 4.81. The Labute approximate surface area is 137 Å². The van der Waals surface area contributed by atoms with Gasteiger partial charge in [-0.1, -0.05) is 6.07 Å². The number of nitrogens with one attached hydrogen (secondary N) is 1. The predicted molar refractivity (Wildman–Crippen MR) is 92.4 cm³/mol. The number of methoxy groups -OCH3 is 1. The lowest BCUT2D eigenvalue weighted by atomic mass is 9.94. The topological polar surface area (TPSA) is 37.5 Å². The van der Waals surface area contributed by atoms with Crippen molar-refractivity contribution < 1.29 is 9.47 Å². The Bertz CT molecular complexity index is 688. The second-order valence-corrected chi connectivity index (χ2v) is 6.94. The molecule has 0 saturated carbocycles. The Kier molecular flexibility index (Phi) is 4.04. The lowest BCUT2D eigenvalue weighted by molar-refractivity contribution is 0.193. The van der Waals surface area contributed by atoms with Gasteiger partial charge in [-0.25, -0.2) is 0 Å². The number of rotatable bonds is 4. The van der Waals surface area contributed by atoms with E-state index in [2.05, 4.69) is 35.1 Å². The molecule has 1 N–H and O–H groups in total. The molecule has 1 aromatic heterocycles. The van der Waals surface area contributed by atoms with E-state index in [-0.39, 0.29) is 0 Å². The molecule has 0 bridgehead atoms. The van der Waals surface area contributed by atoms with Crippen LogP contribution < -0.4 is 4.74 Å². The van der Waals surface area contributed by atoms with Crippen LogP contribution in [0.15, 0.2) is 18.2 Å². The van der Waals surface area contributed by atoms with Crippen LogP contribution in [0.1, 0.15) is 36.4 Å². The van der Waals surface area contributed by atoms with Gasteiger partial charge in [-0.15, -0.1) is 0 Å². The first-order valence-corrected chi connectivity index (χ1v) is 8.73. The van der Waals surface area contributed by atoms with E-state index in [1.807, 2.05) is 0 Å². The van der Waals surface area contributed by atoms with Crippen molar-refractivity contribution in [2.24, 2.45) is 0 Å². The maximum atomic E-state index is 5.67. The van der Waals surface area contributed by atoms with Crippen LogP contribution in [0.2, 0.25) is 0 Å². The highest BCUT2D eigenvalue weighted by molar-refractivity contribution is 5.91. The fraction of sp³-hybridized carbons (Fsp3) is 0.579.